The molecular formula is C19H16F3NO4. The Morgan fingerprint density at radius 2 is 2.07 bits per heavy atom. The van der Waals surface area contributed by atoms with E-state index in [1.54, 1.807) is 6.92 Å². The molecule has 4 rings (SSSR count). The molecule has 0 amide bonds. The van der Waals surface area contributed by atoms with Crippen molar-refractivity contribution >= 4 is 11.9 Å². The maximum atomic E-state index is 14.6. The lowest BCUT2D eigenvalue weighted by Crippen LogP contribution is -2.30. The van der Waals surface area contributed by atoms with Gasteiger partial charge in [0.1, 0.15) is 12.4 Å². The van der Waals surface area contributed by atoms with Gasteiger partial charge in [-0.15, -0.1) is 0 Å². The number of hydrogen-bond donors (Lipinski definition) is 1. The smallest absolute Gasteiger partial charge is 0.337 e. The van der Waals surface area contributed by atoms with Crippen molar-refractivity contribution in [3.63, 3.8) is 0 Å². The molecule has 0 saturated heterocycles. The zero-order valence-electron chi connectivity index (χ0n) is 14.6. The summed E-state index contributed by atoms with van der Waals surface area (Å²) < 4.78 is 52.0. The van der Waals surface area contributed by atoms with Crippen LogP contribution in [0.3, 0.4) is 0 Å². The standard InChI is InChI=1S/C19H16F3NO4/c1-8-13(17(24)26-2)15(16-12(23-8)7-27-18(16)25)9-4-3-5-11(20)14(9)10-6-19(10,21)22/h3-5,10,15,23H,6-7H2,1-2H3/t10-,15-/m1/s1. The molecule has 0 aromatic heterocycles. The summed E-state index contributed by atoms with van der Waals surface area (Å²) in [5.41, 5.74) is 1.03. The van der Waals surface area contributed by atoms with Crippen LogP contribution in [-0.2, 0) is 19.1 Å². The largest absolute Gasteiger partial charge is 0.466 e. The molecule has 2 heterocycles. The molecule has 0 spiro atoms. The lowest BCUT2D eigenvalue weighted by atomic mass is 9.78. The van der Waals surface area contributed by atoms with E-state index in [1.165, 1.54) is 19.2 Å². The second-order valence-electron chi connectivity index (χ2n) is 6.82. The van der Waals surface area contributed by atoms with Crippen LogP contribution in [0.5, 0.6) is 0 Å². The molecule has 5 nitrogen and oxygen atoms in total. The number of dihydropyridines is 1. The van der Waals surface area contributed by atoms with Crippen molar-refractivity contribution in [3.8, 4) is 0 Å². The zero-order valence-corrected chi connectivity index (χ0v) is 14.6. The van der Waals surface area contributed by atoms with Crippen molar-refractivity contribution in [1.82, 2.24) is 5.32 Å². The number of cyclic esters (lactones) is 1. The molecule has 1 aromatic carbocycles. The minimum Gasteiger partial charge on any atom is -0.466 e. The summed E-state index contributed by atoms with van der Waals surface area (Å²) in [5, 5.41) is 2.94. The molecule has 1 N–H and O–H groups in total. The van der Waals surface area contributed by atoms with Gasteiger partial charge in [0.05, 0.1) is 35.8 Å². The Hall–Kier alpha value is -2.77. The first kappa shape index (κ1) is 17.6. The molecule has 0 bridgehead atoms. The first-order chi connectivity index (χ1) is 12.8. The minimum absolute atomic E-state index is 0.0271. The van der Waals surface area contributed by atoms with Gasteiger partial charge in [-0.3, -0.25) is 0 Å². The summed E-state index contributed by atoms with van der Waals surface area (Å²) in [5.74, 6) is -7.52. The molecule has 3 aliphatic rings. The van der Waals surface area contributed by atoms with Crippen molar-refractivity contribution < 1.29 is 32.2 Å². The van der Waals surface area contributed by atoms with Crippen LogP contribution in [-0.4, -0.2) is 31.6 Å². The van der Waals surface area contributed by atoms with E-state index in [1.807, 2.05) is 0 Å². The van der Waals surface area contributed by atoms with Gasteiger partial charge in [0, 0.05) is 17.7 Å². The molecule has 1 aromatic rings. The number of esters is 2. The quantitative estimate of drug-likeness (QED) is 0.819. The fraction of sp³-hybridized carbons (Fsp3) is 0.368. The maximum absolute atomic E-state index is 14.6. The van der Waals surface area contributed by atoms with Crippen molar-refractivity contribution in [2.45, 2.75) is 31.1 Å². The monoisotopic (exact) mass is 379 g/mol. The Morgan fingerprint density at radius 3 is 2.70 bits per heavy atom. The molecule has 142 valence electrons. The van der Waals surface area contributed by atoms with Gasteiger partial charge >= 0.3 is 11.9 Å². The highest BCUT2D eigenvalue weighted by Gasteiger charge is 2.60. The lowest BCUT2D eigenvalue weighted by molar-refractivity contribution is -0.136. The van der Waals surface area contributed by atoms with Crippen LogP contribution in [0.25, 0.3) is 0 Å². The molecule has 1 aliphatic carbocycles. The first-order valence-electron chi connectivity index (χ1n) is 8.38. The Kier molecular flexibility index (Phi) is 3.83. The lowest BCUT2D eigenvalue weighted by Gasteiger charge is -2.29. The highest BCUT2D eigenvalue weighted by molar-refractivity contribution is 6.01. The fourth-order valence-corrected chi connectivity index (χ4v) is 3.86. The topological polar surface area (TPSA) is 64.6 Å². The zero-order chi connectivity index (χ0) is 19.5. The number of nitrogens with one attached hydrogen (secondary N) is 1. The van der Waals surface area contributed by atoms with Crippen LogP contribution in [0.2, 0.25) is 0 Å². The molecule has 0 unspecified atom stereocenters. The number of benzene rings is 1. The number of rotatable bonds is 3. The summed E-state index contributed by atoms with van der Waals surface area (Å²) in [6.45, 7) is 1.58. The molecule has 27 heavy (non-hydrogen) atoms. The minimum atomic E-state index is -3.01. The van der Waals surface area contributed by atoms with Crippen molar-refractivity contribution in [2.75, 3.05) is 13.7 Å². The van der Waals surface area contributed by atoms with Crippen LogP contribution in [0.1, 0.15) is 36.3 Å². The molecule has 1 saturated carbocycles. The molecule has 1 fully saturated rings. The van der Waals surface area contributed by atoms with Crippen molar-refractivity contribution in [1.29, 1.82) is 0 Å². The van der Waals surface area contributed by atoms with Gasteiger partial charge in [-0.05, 0) is 18.6 Å². The molecule has 2 aliphatic heterocycles. The molecule has 0 radical (unpaired) electrons. The maximum Gasteiger partial charge on any atom is 0.337 e. The first-order valence-corrected chi connectivity index (χ1v) is 8.38. The van der Waals surface area contributed by atoms with Gasteiger partial charge in [-0.2, -0.15) is 0 Å². The van der Waals surface area contributed by atoms with Gasteiger partial charge in [-0.25, -0.2) is 22.8 Å². The van der Waals surface area contributed by atoms with Gasteiger partial charge in [0.15, 0.2) is 0 Å². The van der Waals surface area contributed by atoms with Crippen LogP contribution < -0.4 is 5.32 Å². The molecular weight excluding hydrogens is 363 g/mol. The van der Waals surface area contributed by atoms with E-state index < -0.39 is 41.9 Å². The summed E-state index contributed by atoms with van der Waals surface area (Å²) >= 11 is 0. The van der Waals surface area contributed by atoms with Crippen molar-refractivity contribution in [2.24, 2.45) is 0 Å². The van der Waals surface area contributed by atoms with E-state index in [2.05, 4.69) is 5.32 Å². The Morgan fingerprint density at radius 1 is 1.37 bits per heavy atom. The second kappa shape index (κ2) is 5.87. The summed E-state index contributed by atoms with van der Waals surface area (Å²) in [4.78, 5) is 24.8. The van der Waals surface area contributed by atoms with E-state index in [0.717, 1.165) is 6.07 Å². The second-order valence-corrected chi connectivity index (χ2v) is 6.82. The number of allylic oxidation sites excluding steroid dienone is 1. The Balaban J connectivity index is 1.94. The van der Waals surface area contributed by atoms with Crippen LogP contribution in [0.15, 0.2) is 40.7 Å². The summed E-state index contributed by atoms with van der Waals surface area (Å²) in [6, 6.07) is 3.95. The Bertz CT molecular complexity index is 935. The van der Waals surface area contributed by atoms with Crippen molar-refractivity contribution in [3.05, 3.63) is 57.7 Å². The normalized spacial score (nSPS) is 25.7. The SMILES string of the molecule is COC(=O)C1=C(C)NC2=C(C(=O)OC2)[C@@H]1c1cccc(F)c1[C@H]1CC1(F)F. The number of carbonyl (C=O) groups is 2. The summed E-state index contributed by atoms with van der Waals surface area (Å²) in [7, 11) is 1.18. The van der Waals surface area contributed by atoms with Crippen LogP contribution in [0.4, 0.5) is 13.2 Å². The fourth-order valence-electron chi connectivity index (χ4n) is 3.86. The predicted octanol–water partition coefficient (Wildman–Crippen LogP) is 2.89. The number of methoxy groups -OCH3 is 1. The third-order valence-corrected chi connectivity index (χ3v) is 5.19. The highest BCUT2D eigenvalue weighted by atomic mass is 19.3. The van der Waals surface area contributed by atoms with E-state index in [-0.39, 0.29) is 28.9 Å². The average Bonchev–Trinajstić information content (AvgIpc) is 3.09. The predicted molar refractivity (Wildman–Crippen MR) is 87.3 cm³/mol. The van der Waals surface area contributed by atoms with Gasteiger partial charge in [0.2, 0.25) is 0 Å². The third-order valence-electron chi connectivity index (χ3n) is 5.19. The summed E-state index contributed by atoms with van der Waals surface area (Å²) in [6.07, 6.45) is -0.474. The van der Waals surface area contributed by atoms with E-state index in [0.29, 0.717) is 11.4 Å². The van der Waals surface area contributed by atoms with Crippen LogP contribution in [0, 0.1) is 5.82 Å². The van der Waals surface area contributed by atoms with E-state index in [4.69, 9.17) is 9.47 Å². The highest BCUT2D eigenvalue weighted by Crippen LogP contribution is 2.58. The average molecular weight is 379 g/mol. The Labute approximate surface area is 152 Å². The van der Waals surface area contributed by atoms with Gasteiger partial charge < -0.3 is 14.8 Å². The number of halogens is 3. The van der Waals surface area contributed by atoms with E-state index >= 15 is 0 Å². The third kappa shape index (κ3) is 2.62. The number of alkyl halides is 2. The van der Waals surface area contributed by atoms with Gasteiger partial charge in [0.25, 0.3) is 5.92 Å². The van der Waals surface area contributed by atoms with Crippen LogP contribution >= 0.6 is 0 Å². The number of ether oxygens (including phenoxy) is 2. The van der Waals surface area contributed by atoms with Gasteiger partial charge in [-0.1, -0.05) is 12.1 Å². The molecule has 2 atom stereocenters. The number of carbonyl (C=O) groups excluding carboxylic acids is 2. The number of hydrogen-bond acceptors (Lipinski definition) is 5. The molecule has 8 heteroatoms. The van der Waals surface area contributed by atoms with E-state index in [9.17, 15) is 22.8 Å².